The first-order valence-corrected chi connectivity index (χ1v) is 11.3. The van der Waals surface area contributed by atoms with Gasteiger partial charge in [-0.3, -0.25) is 0 Å². The second-order valence-corrected chi connectivity index (χ2v) is 11.5. The Hall–Kier alpha value is -2.24. The van der Waals surface area contributed by atoms with Crippen LogP contribution in [0.3, 0.4) is 0 Å². The van der Waals surface area contributed by atoms with Crippen LogP contribution in [0, 0.1) is 0 Å². The summed E-state index contributed by atoms with van der Waals surface area (Å²) in [6.45, 7) is 1.59. The molecule has 0 unspecified atom stereocenters. The molecule has 2 aromatic carbocycles. The molecule has 2 aliphatic heterocycles. The molecule has 0 amide bonds. The number of ketones is 1. The third-order valence-electron chi connectivity index (χ3n) is 5.59. The van der Waals surface area contributed by atoms with Crippen molar-refractivity contribution in [3.8, 4) is 0 Å². The number of carbonyl (C=O) groups excluding carboxylic acids is 1. The fraction of sp³-hybridized carbons (Fsp3) is 0.286. The van der Waals surface area contributed by atoms with E-state index in [1.54, 1.807) is 12.1 Å². The summed E-state index contributed by atoms with van der Waals surface area (Å²) in [4.78, 5) is 13.5. The van der Waals surface area contributed by atoms with Gasteiger partial charge in [0.25, 0.3) is 0 Å². The van der Waals surface area contributed by atoms with E-state index in [-0.39, 0.29) is 11.5 Å². The van der Waals surface area contributed by atoms with Gasteiger partial charge >= 0.3 is 166 Å². The number of rotatable bonds is 4. The van der Waals surface area contributed by atoms with Crippen molar-refractivity contribution in [1.82, 2.24) is 14.0 Å². The summed E-state index contributed by atoms with van der Waals surface area (Å²) in [6.07, 6.45) is 0. The van der Waals surface area contributed by atoms with Gasteiger partial charge in [-0.05, 0) is 0 Å². The molecule has 148 valence electrons. The second kappa shape index (κ2) is 6.68. The Morgan fingerprint density at radius 3 is 1.96 bits per heavy atom. The molecule has 0 saturated carbocycles. The zero-order valence-corrected chi connectivity index (χ0v) is 17.6. The fourth-order valence-corrected chi connectivity index (χ4v) is 8.53. The molecule has 4 rings (SSSR count). The Morgan fingerprint density at radius 2 is 1.43 bits per heavy atom. The van der Waals surface area contributed by atoms with E-state index in [1.165, 1.54) is 0 Å². The van der Waals surface area contributed by atoms with Crippen molar-refractivity contribution < 1.29 is 13.8 Å². The predicted molar refractivity (Wildman–Crippen MR) is 112 cm³/mol. The SMILES string of the molecule is CN(C)P12(OC(C(=O)c3ccccc3)=C(c3ccccc3)O1)N(C)CCN2C. The van der Waals surface area contributed by atoms with Gasteiger partial charge in [0, 0.05) is 0 Å². The van der Waals surface area contributed by atoms with E-state index in [0.717, 1.165) is 18.7 Å². The topological polar surface area (TPSA) is 45.2 Å². The van der Waals surface area contributed by atoms with Crippen LogP contribution in [0.5, 0.6) is 0 Å². The van der Waals surface area contributed by atoms with Crippen LogP contribution in [0.1, 0.15) is 15.9 Å². The van der Waals surface area contributed by atoms with E-state index in [0.29, 0.717) is 11.3 Å². The first-order valence-electron chi connectivity index (χ1n) is 9.32. The second-order valence-electron chi connectivity index (χ2n) is 7.34. The van der Waals surface area contributed by atoms with Crippen LogP contribution in [-0.4, -0.2) is 61.1 Å². The molecule has 2 aromatic rings. The normalized spacial score (nSPS) is 22.7. The van der Waals surface area contributed by atoms with Gasteiger partial charge < -0.3 is 0 Å². The number of nitrogens with zero attached hydrogens (tertiary/aromatic N) is 3. The van der Waals surface area contributed by atoms with E-state index < -0.39 is 7.51 Å². The van der Waals surface area contributed by atoms with Crippen LogP contribution < -0.4 is 0 Å². The van der Waals surface area contributed by atoms with Crippen molar-refractivity contribution in [3.63, 3.8) is 0 Å². The van der Waals surface area contributed by atoms with E-state index in [4.69, 9.17) is 9.05 Å². The monoisotopic (exact) mass is 399 g/mol. The molecule has 7 heteroatoms. The van der Waals surface area contributed by atoms with Gasteiger partial charge in [0.05, 0.1) is 0 Å². The average Bonchev–Trinajstić information content (AvgIpc) is 3.23. The molecule has 0 aromatic heterocycles. The van der Waals surface area contributed by atoms with E-state index in [2.05, 4.69) is 9.34 Å². The van der Waals surface area contributed by atoms with E-state index in [9.17, 15) is 4.79 Å². The average molecular weight is 399 g/mol. The van der Waals surface area contributed by atoms with Crippen LogP contribution in [0.15, 0.2) is 66.4 Å². The third-order valence-corrected chi connectivity index (χ3v) is 10.7. The van der Waals surface area contributed by atoms with Gasteiger partial charge in [0.1, 0.15) is 0 Å². The predicted octanol–water partition coefficient (Wildman–Crippen LogP) is 3.85. The van der Waals surface area contributed by atoms with Crippen molar-refractivity contribution in [2.75, 3.05) is 41.3 Å². The molecular weight excluding hydrogens is 373 g/mol. The molecule has 0 atom stereocenters. The van der Waals surface area contributed by atoms with Crippen molar-refractivity contribution in [1.29, 1.82) is 0 Å². The number of likely N-dealkylation sites (N-methyl/N-ethyl adjacent to an activating group) is 2. The Morgan fingerprint density at radius 1 is 0.893 bits per heavy atom. The molecule has 1 fully saturated rings. The molecule has 0 N–H and O–H groups in total. The summed E-state index contributed by atoms with van der Waals surface area (Å²) in [7, 11) is 4.30. The van der Waals surface area contributed by atoms with Gasteiger partial charge in [-0.2, -0.15) is 0 Å². The first kappa shape index (κ1) is 19.1. The van der Waals surface area contributed by atoms with E-state index >= 15 is 0 Å². The zero-order chi connectivity index (χ0) is 20.0. The number of carbonyl (C=O) groups is 1. The minimum absolute atomic E-state index is 0.170. The fourth-order valence-electron chi connectivity index (χ4n) is 4.00. The molecule has 0 aliphatic carbocycles. The van der Waals surface area contributed by atoms with Crippen LogP contribution in [-0.2, 0) is 9.05 Å². The van der Waals surface area contributed by atoms with Crippen molar-refractivity contribution >= 4 is 19.1 Å². The number of hydrogen-bond donors (Lipinski definition) is 0. The van der Waals surface area contributed by atoms with E-state index in [1.807, 2.05) is 81.4 Å². The standard InChI is InChI=1S/C21H26N3O3P/c1-22(2)28(23(3)15-16-24(28)4)26-20(18-13-9-6-10-14-18)21(27-28)19(25)17-11-7-5-8-12-17/h5-14H,15-16H2,1-4H3. The molecule has 2 aliphatic rings. The van der Waals surface area contributed by atoms with Gasteiger partial charge in [-0.25, -0.2) is 0 Å². The molecule has 2 heterocycles. The van der Waals surface area contributed by atoms with Crippen LogP contribution >= 0.6 is 7.51 Å². The molecule has 6 nitrogen and oxygen atoms in total. The molecular formula is C21H26N3O3P. The first-order chi connectivity index (χ1) is 13.4. The minimum atomic E-state index is -3.61. The van der Waals surface area contributed by atoms with Crippen LogP contribution in [0.4, 0.5) is 0 Å². The Balaban J connectivity index is 1.91. The third kappa shape index (κ3) is 2.46. The Labute approximate surface area is 166 Å². The van der Waals surface area contributed by atoms with Gasteiger partial charge in [-0.1, -0.05) is 0 Å². The number of Topliss-reactive ketones (excluding diaryl/α,β-unsaturated/α-hetero) is 1. The maximum atomic E-state index is 13.5. The summed E-state index contributed by atoms with van der Waals surface area (Å²) in [5.41, 5.74) is 1.41. The quantitative estimate of drug-likeness (QED) is 0.575. The number of benzene rings is 2. The van der Waals surface area contributed by atoms with Gasteiger partial charge in [-0.15, -0.1) is 0 Å². The Kier molecular flexibility index (Phi) is 4.55. The maximum absolute atomic E-state index is 13.5. The number of allylic oxidation sites excluding steroid dienone is 1. The molecule has 28 heavy (non-hydrogen) atoms. The summed E-state index contributed by atoms with van der Waals surface area (Å²) < 4.78 is 19.7. The summed E-state index contributed by atoms with van der Waals surface area (Å²) in [6, 6.07) is 18.9. The molecule has 0 radical (unpaired) electrons. The summed E-state index contributed by atoms with van der Waals surface area (Å²) >= 11 is 0. The zero-order valence-electron chi connectivity index (χ0n) is 16.7. The molecule has 0 bridgehead atoms. The van der Waals surface area contributed by atoms with Crippen molar-refractivity contribution in [2.24, 2.45) is 0 Å². The Bertz CT molecular complexity index is 920. The van der Waals surface area contributed by atoms with Crippen LogP contribution in [0.25, 0.3) is 5.76 Å². The van der Waals surface area contributed by atoms with Gasteiger partial charge in [0.15, 0.2) is 0 Å². The summed E-state index contributed by atoms with van der Waals surface area (Å²) in [5.74, 6) is 0.599. The molecule has 1 saturated heterocycles. The van der Waals surface area contributed by atoms with Crippen molar-refractivity contribution in [3.05, 3.63) is 77.5 Å². The van der Waals surface area contributed by atoms with Crippen LogP contribution in [0.2, 0.25) is 0 Å². The molecule has 1 spiro atoms. The number of hydrogen-bond acceptors (Lipinski definition) is 6. The van der Waals surface area contributed by atoms with Gasteiger partial charge in [0.2, 0.25) is 0 Å². The summed E-state index contributed by atoms with van der Waals surface area (Å²) in [5, 5.41) is 0. The van der Waals surface area contributed by atoms with Crippen molar-refractivity contribution in [2.45, 2.75) is 0 Å².